The molecule has 0 aromatic heterocycles. The van der Waals surface area contributed by atoms with Crippen molar-refractivity contribution in [3.8, 4) is 0 Å². The molecule has 194 valence electrons. The molecule has 0 aromatic carbocycles. The van der Waals surface area contributed by atoms with Crippen molar-refractivity contribution in [2.24, 2.45) is 17.2 Å². The van der Waals surface area contributed by atoms with Gasteiger partial charge in [0, 0.05) is 21.1 Å². The zero-order chi connectivity index (χ0) is 27.3. The zero-order valence-electron chi connectivity index (χ0n) is 18.6. The number of aliphatic carboxylic acids is 3. The van der Waals surface area contributed by atoms with Gasteiger partial charge in [-0.3, -0.25) is 30.6 Å². The van der Waals surface area contributed by atoms with E-state index in [1.165, 1.54) is 21.1 Å². The van der Waals surface area contributed by atoms with Crippen molar-refractivity contribution in [2.45, 2.75) is 6.10 Å². The molecular weight excluding hydrogens is 450 g/mol. The molecule has 0 bridgehead atoms. The number of rotatable bonds is 8. The molecule has 0 saturated carbocycles. The molecule has 33 heavy (non-hydrogen) atoms. The highest BCUT2D eigenvalue weighted by molar-refractivity contribution is 5.81. The van der Waals surface area contributed by atoms with Crippen LogP contribution in [-0.2, 0) is 14.4 Å². The third kappa shape index (κ3) is 33.0. The van der Waals surface area contributed by atoms with Gasteiger partial charge in [0.25, 0.3) is 0 Å². The molecule has 0 aliphatic rings. The second-order valence-electron chi connectivity index (χ2n) is 5.92. The summed E-state index contributed by atoms with van der Waals surface area (Å²) >= 11 is 0. The van der Waals surface area contributed by atoms with E-state index in [1.54, 1.807) is 0 Å². The number of nitrogens with zero attached hydrogens (tertiary/aromatic N) is 3. The third-order valence-electron chi connectivity index (χ3n) is 2.77. The van der Waals surface area contributed by atoms with Crippen LogP contribution in [0.4, 0.5) is 0 Å². The van der Waals surface area contributed by atoms with E-state index in [9.17, 15) is 14.4 Å². The maximum Gasteiger partial charge on any atom is 0.323 e. The van der Waals surface area contributed by atoms with Crippen molar-refractivity contribution in [1.82, 2.24) is 14.7 Å². The Morgan fingerprint density at radius 3 is 0.879 bits per heavy atom. The molecular formula is C15H35N9O9. The van der Waals surface area contributed by atoms with Crippen LogP contribution in [0.25, 0.3) is 0 Å². The Morgan fingerprint density at radius 2 is 0.848 bits per heavy atom. The highest BCUT2D eigenvalue weighted by Crippen LogP contribution is 1.78. The summed E-state index contributed by atoms with van der Waals surface area (Å²) in [6.07, 6.45) is -0.954. The van der Waals surface area contributed by atoms with Crippen LogP contribution in [0.1, 0.15) is 0 Å². The minimum absolute atomic E-state index is 0.227. The number of nitrogens with one attached hydrogen (secondary N) is 3. The molecule has 15 N–H and O–H groups in total. The molecule has 0 aromatic rings. The average Bonchev–Trinajstić information content (AvgIpc) is 2.67. The molecule has 18 heteroatoms. The molecule has 0 unspecified atom stereocenters. The number of likely N-dealkylation sites (N-methyl/N-ethyl adjacent to an activating group) is 3. The molecule has 0 aliphatic carbocycles. The van der Waals surface area contributed by atoms with E-state index >= 15 is 0 Å². The average molecular weight is 485 g/mol. The van der Waals surface area contributed by atoms with Gasteiger partial charge < -0.3 is 62.5 Å². The van der Waals surface area contributed by atoms with E-state index < -0.39 is 24.0 Å². The highest BCUT2D eigenvalue weighted by atomic mass is 16.4. The fourth-order valence-corrected chi connectivity index (χ4v) is 0.922. The maximum absolute atomic E-state index is 9.92. The SMILES string of the molecule is CN(CC(=O)O)C(=N)N.CN(CC(=O)O)C(=N)N.CN(CC(=O)O)C(=N)N.OCC(O)CO. The first-order valence-corrected chi connectivity index (χ1v) is 8.63. The Bertz CT molecular complexity index is 554. The van der Waals surface area contributed by atoms with Crippen LogP contribution < -0.4 is 17.2 Å². The lowest BCUT2D eigenvalue weighted by Crippen LogP contribution is -2.36. The van der Waals surface area contributed by atoms with Gasteiger partial charge in [-0.1, -0.05) is 0 Å². The van der Waals surface area contributed by atoms with Crippen molar-refractivity contribution in [1.29, 1.82) is 16.2 Å². The van der Waals surface area contributed by atoms with E-state index in [-0.39, 0.29) is 50.7 Å². The third-order valence-corrected chi connectivity index (χ3v) is 2.77. The van der Waals surface area contributed by atoms with Gasteiger partial charge in [-0.2, -0.15) is 0 Å². The smallest absolute Gasteiger partial charge is 0.323 e. The number of aliphatic hydroxyl groups excluding tert-OH is 3. The lowest BCUT2D eigenvalue weighted by molar-refractivity contribution is -0.138. The van der Waals surface area contributed by atoms with E-state index in [0.717, 1.165) is 14.7 Å². The number of hydrogen-bond acceptors (Lipinski definition) is 9. The minimum atomic E-state index is -0.993. The highest BCUT2D eigenvalue weighted by Gasteiger charge is 2.04. The molecule has 0 spiro atoms. The largest absolute Gasteiger partial charge is 0.480 e. The fourth-order valence-electron chi connectivity index (χ4n) is 0.922. The number of aliphatic hydroxyl groups is 3. The predicted molar refractivity (Wildman–Crippen MR) is 117 cm³/mol. The number of guanidine groups is 3. The van der Waals surface area contributed by atoms with Crippen molar-refractivity contribution < 1.29 is 45.0 Å². The van der Waals surface area contributed by atoms with E-state index in [2.05, 4.69) is 0 Å². The normalized spacial score (nSPS) is 8.82. The summed E-state index contributed by atoms with van der Waals surface area (Å²) in [4.78, 5) is 33.1. The summed E-state index contributed by atoms with van der Waals surface area (Å²) in [5, 5.41) is 68.6. The first-order chi connectivity index (χ1) is 14.9. The molecule has 0 saturated heterocycles. The first kappa shape index (κ1) is 36.5. The zero-order valence-corrected chi connectivity index (χ0v) is 18.6. The topological polar surface area (TPSA) is 332 Å². The predicted octanol–water partition coefficient (Wildman–Crippen LogP) is -4.98. The molecule has 0 heterocycles. The van der Waals surface area contributed by atoms with Gasteiger partial charge in [0.05, 0.1) is 13.2 Å². The standard InChI is InChI=1S/3C4H9N3O2.C3H8O3/c3*1-7(4(5)6)2-3(8)9;4-1-3(6)2-5/h3*2H2,1H3,(H3,5,6)(H,8,9);3-6H,1-2H2. The van der Waals surface area contributed by atoms with Crippen molar-refractivity contribution in [3.05, 3.63) is 0 Å². The summed E-state index contributed by atoms with van der Waals surface area (Å²) in [7, 11) is 4.32. The molecule has 0 rings (SSSR count). The Morgan fingerprint density at radius 1 is 0.667 bits per heavy atom. The van der Waals surface area contributed by atoms with Gasteiger partial charge >= 0.3 is 17.9 Å². The van der Waals surface area contributed by atoms with Crippen LogP contribution in [0.15, 0.2) is 0 Å². The van der Waals surface area contributed by atoms with Crippen LogP contribution in [0, 0.1) is 16.2 Å². The first-order valence-electron chi connectivity index (χ1n) is 8.63. The van der Waals surface area contributed by atoms with Gasteiger partial charge in [-0.25, -0.2) is 0 Å². The van der Waals surface area contributed by atoms with Gasteiger partial charge in [-0.15, -0.1) is 0 Å². The number of carboxylic acid groups (broad SMARTS) is 3. The van der Waals surface area contributed by atoms with E-state index in [4.69, 9.17) is 64.1 Å². The van der Waals surface area contributed by atoms with Gasteiger partial charge in [0.15, 0.2) is 17.9 Å². The maximum atomic E-state index is 9.92. The number of hydrogen-bond donors (Lipinski definition) is 12. The second kappa shape index (κ2) is 21.3. The molecule has 18 nitrogen and oxygen atoms in total. The summed E-state index contributed by atoms with van der Waals surface area (Å²) in [5.74, 6) is -3.69. The van der Waals surface area contributed by atoms with E-state index in [1.807, 2.05) is 0 Å². The molecule has 0 amide bonds. The van der Waals surface area contributed by atoms with Crippen LogP contribution in [0.2, 0.25) is 0 Å². The summed E-state index contributed by atoms with van der Waals surface area (Å²) < 4.78 is 0. The Hall–Kier alpha value is -3.90. The van der Waals surface area contributed by atoms with Crippen molar-refractivity contribution >= 4 is 35.8 Å². The Balaban J connectivity index is -0.000000172. The van der Waals surface area contributed by atoms with Crippen molar-refractivity contribution in [2.75, 3.05) is 54.0 Å². The lowest BCUT2D eigenvalue weighted by Gasteiger charge is -2.12. The molecule has 0 fully saturated rings. The van der Waals surface area contributed by atoms with E-state index in [0.29, 0.717) is 0 Å². The molecule has 0 radical (unpaired) electrons. The fraction of sp³-hybridized carbons (Fsp3) is 0.600. The Kier molecular flexibility index (Phi) is 23.6. The monoisotopic (exact) mass is 485 g/mol. The number of nitrogens with two attached hydrogens (primary N) is 3. The van der Waals surface area contributed by atoms with Crippen LogP contribution in [0.3, 0.4) is 0 Å². The van der Waals surface area contributed by atoms with Crippen LogP contribution in [-0.4, -0.2) is 141 Å². The molecule has 0 atom stereocenters. The van der Waals surface area contributed by atoms with Gasteiger partial charge in [-0.05, 0) is 0 Å². The lowest BCUT2D eigenvalue weighted by atomic mass is 10.4. The van der Waals surface area contributed by atoms with Crippen molar-refractivity contribution in [3.63, 3.8) is 0 Å². The quantitative estimate of drug-likeness (QED) is 0.113. The van der Waals surface area contributed by atoms with Crippen LogP contribution >= 0.6 is 0 Å². The summed E-state index contributed by atoms with van der Waals surface area (Å²) in [6.45, 7) is -1.41. The Labute approximate surface area is 189 Å². The number of carbonyl (C=O) groups is 3. The van der Waals surface area contributed by atoms with Gasteiger partial charge in [0.2, 0.25) is 0 Å². The van der Waals surface area contributed by atoms with Crippen LogP contribution in [0.5, 0.6) is 0 Å². The molecule has 0 aliphatic heterocycles. The number of carboxylic acids is 3. The summed E-state index contributed by atoms with van der Waals surface area (Å²) in [5.41, 5.74) is 14.8. The van der Waals surface area contributed by atoms with Gasteiger partial charge in [0.1, 0.15) is 25.7 Å². The second-order valence-corrected chi connectivity index (χ2v) is 5.92. The minimum Gasteiger partial charge on any atom is -0.480 e. The summed E-state index contributed by atoms with van der Waals surface area (Å²) in [6, 6.07) is 0.